The van der Waals surface area contributed by atoms with Crippen molar-refractivity contribution < 1.29 is 4.42 Å². The number of anilines is 8. The molecule has 0 bridgehead atoms. The summed E-state index contributed by atoms with van der Waals surface area (Å²) < 4.78 is 7.57. The molecule has 0 radical (unpaired) electrons. The molecule has 0 saturated heterocycles. The van der Waals surface area contributed by atoms with Crippen molar-refractivity contribution in [2.24, 2.45) is 0 Å². The van der Waals surface area contributed by atoms with Gasteiger partial charge >= 0.3 is 14.0 Å². The van der Waals surface area contributed by atoms with Crippen LogP contribution in [0.5, 0.6) is 0 Å². The van der Waals surface area contributed by atoms with Gasteiger partial charge < -0.3 is 23.7 Å². The van der Waals surface area contributed by atoms with Gasteiger partial charge in [-0.05, 0) is 69.6 Å². The first kappa shape index (κ1) is 30.5. The topological polar surface area (TPSA) is 26.1 Å². The molecular formula is C46H38B2N4O. The minimum absolute atomic E-state index is 0.174. The van der Waals surface area contributed by atoms with E-state index in [2.05, 4.69) is 205 Å². The number of hydrogen-bond donors (Lipinski definition) is 0. The first-order valence-electron chi connectivity index (χ1n) is 18.7. The number of para-hydroxylation sites is 4. The largest absolute Gasteiger partial charge is 0.423 e. The normalized spacial score (nSPS) is 16.8. The van der Waals surface area contributed by atoms with Gasteiger partial charge in [0, 0.05) is 33.6 Å². The third kappa shape index (κ3) is 3.94. The van der Waals surface area contributed by atoms with Crippen molar-refractivity contribution in [1.82, 2.24) is 0 Å². The summed E-state index contributed by atoms with van der Waals surface area (Å²) in [6.45, 7) is 9.09. The number of furan rings is 1. The van der Waals surface area contributed by atoms with E-state index < -0.39 is 0 Å². The zero-order valence-corrected chi connectivity index (χ0v) is 30.4. The van der Waals surface area contributed by atoms with E-state index in [1.807, 2.05) is 0 Å². The molecule has 53 heavy (non-hydrogen) atoms. The Morgan fingerprint density at radius 2 is 0.717 bits per heavy atom. The Hall–Kier alpha value is -6.07. The maximum atomic E-state index is 7.57. The van der Waals surface area contributed by atoms with Gasteiger partial charge in [0.2, 0.25) is 11.8 Å². The first-order chi connectivity index (χ1) is 25.9. The second-order valence-corrected chi connectivity index (χ2v) is 15.8. The van der Waals surface area contributed by atoms with Crippen molar-refractivity contribution in [2.75, 3.05) is 19.2 Å². The molecule has 0 aliphatic carbocycles. The Labute approximate surface area is 312 Å². The lowest BCUT2D eigenvalue weighted by Gasteiger charge is -2.32. The summed E-state index contributed by atoms with van der Waals surface area (Å²) in [4.78, 5) is 10.0. The SMILES string of the molecule is CC1(C)c2ccccc2B2N(c3ccccc31)c1oc3c(c1N2c1ccccc1)N(c1ccccc1)B1c2ccccc2C(C)(C)c2ccccc2N13. The molecule has 0 atom stereocenters. The van der Waals surface area contributed by atoms with Gasteiger partial charge in [-0.15, -0.1) is 0 Å². The molecule has 5 nitrogen and oxygen atoms in total. The second kappa shape index (κ2) is 10.7. The summed E-state index contributed by atoms with van der Waals surface area (Å²) in [6.07, 6.45) is 0. The number of nitrogens with zero attached hydrogens (tertiary/aromatic N) is 4. The van der Waals surface area contributed by atoms with Crippen molar-refractivity contribution in [3.8, 4) is 0 Å². The first-order valence-corrected chi connectivity index (χ1v) is 18.7. The lowest BCUT2D eigenvalue weighted by Crippen LogP contribution is -2.54. The number of benzene rings is 6. The van der Waals surface area contributed by atoms with Crippen molar-refractivity contribution in [3.63, 3.8) is 0 Å². The molecule has 7 heteroatoms. The average Bonchev–Trinajstić information content (AvgIpc) is 3.80. The van der Waals surface area contributed by atoms with E-state index in [1.54, 1.807) is 0 Å². The van der Waals surface area contributed by atoms with Crippen LogP contribution >= 0.6 is 0 Å². The minimum Gasteiger partial charge on any atom is -0.422 e. The van der Waals surface area contributed by atoms with Crippen LogP contribution in [0, 0.1) is 0 Å². The van der Waals surface area contributed by atoms with Gasteiger partial charge in [0.1, 0.15) is 11.4 Å². The fourth-order valence-corrected chi connectivity index (χ4v) is 9.90. The Balaban J connectivity index is 1.28. The zero-order valence-electron chi connectivity index (χ0n) is 30.4. The van der Waals surface area contributed by atoms with E-state index in [1.165, 1.54) is 33.2 Å². The smallest absolute Gasteiger partial charge is 0.422 e. The summed E-state index contributed by atoms with van der Waals surface area (Å²) in [5, 5.41) is 0. The van der Waals surface area contributed by atoms with Gasteiger partial charge in [-0.1, -0.05) is 149 Å². The Morgan fingerprint density at radius 1 is 0.377 bits per heavy atom. The summed E-state index contributed by atoms with van der Waals surface area (Å²) in [7, 11) is 0. The van der Waals surface area contributed by atoms with Crippen LogP contribution < -0.4 is 30.2 Å². The lowest BCUT2D eigenvalue weighted by molar-refractivity contribution is 0.588. The third-order valence-electron chi connectivity index (χ3n) is 12.3. The van der Waals surface area contributed by atoms with Crippen LogP contribution in [0.2, 0.25) is 0 Å². The second-order valence-electron chi connectivity index (χ2n) is 15.8. The summed E-state index contributed by atoms with van der Waals surface area (Å²) in [5.41, 5.74) is 14.0. The zero-order chi connectivity index (χ0) is 35.6. The van der Waals surface area contributed by atoms with Crippen LogP contribution in [0.4, 0.5) is 45.9 Å². The number of hydrogen-bond acceptors (Lipinski definition) is 5. The van der Waals surface area contributed by atoms with Crippen molar-refractivity contribution in [3.05, 3.63) is 180 Å². The van der Waals surface area contributed by atoms with Crippen LogP contribution in [-0.4, -0.2) is 14.0 Å². The third-order valence-corrected chi connectivity index (χ3v) is 12.3. The fourth-order valence-electron chi connectivity index (χ4n) is 9.90. The number of rotatable bonds is 2. The fraction of sp³-hybridized carbons (Fsp3) is 0.130. The summed E-state index contributed by atoms with van der Waals surface area (Å²) in [5.74, 6) is 1.72. The van der Waals surface area contributed by atoms with Gasteiger partial charge in [0.25, 0.3) is 0 Å². The number of fused-ring (bicyclic) bond motifs is 15. The molecule has 0 saturated carbocycles. The lowest BCUT2D eigenvalue weighted by atomic mass is 9.60. The van der Waals surface area contributed by atoms with Gasteiger partial charge in [-0.25, -0.2) is 0 Å². The maximum Gasteiger partial charge on any atom is 0.423 e. The maximum absolute atomic E-state index is 7.57. The van der Waals surface area contributed by atoms with E-state index in [0.29, 0.717) is 0 Å². The van der Waals surface area contributed by atoms with Crippen molar-refractivity contribution in [1.29, 1.82) is 0 Å². The molecule has 0 N–H and O–H groups in total. The molecule has 0 unspecified atom stereocenters. The van der Waals surface area contributed by atoms with Crippen LogP contribution in [0.25, 0.3) is 0 Å². The van der Waals surface area contributed by atoms with Crippen LogP contribution in [0.1, 0.15) is 49.9 Å². The highest BCUT2D eigenvalue weighted by molar-refractivity contribution is 6.87. The van der Waals surface area contributed by atoms with E-state index in [0.717, 1.165) is 45.9 Å². The molecule has 11 rings (SSSR count). The Morgan fingerprint density at radius 3 is 1.13 bits per heavy atom. The molecule has 4 aliphatic heterocycles. The molecule has 0 spiro atoms. The highest BCUT2D eigenvalue weighted by atomic mass is 16.4. The molecule has 7 aromatic rings. The van der Waals surface area contributed by atoms with Gasteiger partial charge in [-0.2, -0.15) is 0 Å². The molecule has 4 aliphatic rings. The molecule has 0 amide bonds. The van der Waals surface area contributed by atoms with Crippen molar-refractivity contribution in [2.45, 2.75) is 38.5 Å². The standard InChI is InChI=1S/C46H38B2N4O/c1-45(2)33-23-11-15-27-37(33)47-49(31-19-7-5-8-20-31)41-42-44(53-43(41)51(47)39-29-17-13-25-35(39)45)52-40-30-18-14-26-36(40)46(3,4)34-24-12-16-28-38(34)48(52)50(42)32-21-9-6-10-22-32/h5-30H,1-4H3. The molecule has 6 aromatic carbocycles. The predicted molar refractivity (Wildman–Crippen MR) is 221 cm³/mol. The average molecular weight is 684 g/mol. The minimum atomic E-state index is -0.241. The molecule has 0 fully saturated rings. The van der Waals surface area contributed by atoms with E-state index in [-0.39, 0.29) is 24.8 Å². The van der Waals surface area contributed by atoms with Gasteiger partial charge in [0.05, 0.1) is 0 Å². The Bertz CT molecular complexity index is 2410. The van der Waals surface area contributed by atoms with Crippen LogP contribution in [0.3, 0.4) is 0 Å². The van der Waals surface area contributed by atoms with Gasteiger partial charge in [-0.3, -0.25) is 0 Å². The Kier molecular flexibility index (Phi) is 6.19. The molecular weight excluding hydrogens is 646 g/mol. The van der Waals surface area contributed by atoms with E-state index in [9.17, 15) is 0 Å². The van der Waals surface area contributed by atoms with Crippen LogP contribution in [0.15, 0.2) is 162 Å². The van der Waals surface area contributed by atoms with E-state index >= 15 is 0 Å². The quantitative estimate of drug-likeness (QED) is 0.169. The van der Waals surface area contributed by atoms with Gasteiger partial charge in [0.15, 0.2) is 0 Å². The molecule has 254 valence electrons. The summed E-state index contributed by atoms with van der Waals surface area (Å²) >= 11 is 0. The molecule has 1 aromatic heterocycles. The molecule has 5 heterocycles. The van der Waals surface area contributed by atoms with Crippen molar-refractivity contribution >= 4 is 70.8 Å². The summed E-state index contributed by atoms with van der Waals surface area (Å²) in [6, 6.07) is 57.6. The predicted octanol–water partition coefficient (Wildman–Crippen LogP) is 9.93. The monoisotopic (exact) mass is 684 g/mol. The van der Waals surface area contributed by atoms with Crippen LogP contribution in [-0.2, 0) is 10.8 Å². The van der Waals surface area contributed by atoms with E-state index in [4.69, 9.17) is 4.42 Å². The highest BCUT2D eigenvalue weighted by Gasteiger charge is 2.59. The highest BCUT2D eigenvalue weighted by Crippen LogP contribution is 2.64.